The van der Waals surface area contributed by atoms with Crippen LogP contribution in [0.4, 0.5) is 0 Å². The lowest BCUT2D eigenvalue weighted by molar-refractivity contribution is 0.000113. The third-order valence-electron chi connectivity index (χ3n) is 6.30. The van der Waals surface area contributed by atoms with E-state index in [0.29, 0.717) is 5.69 Å². The number of ether oxygens (including phenoxy) is 3. The highest BCUT2D eigenvalue weighted by molar-refractivity contribution is 7.13. The van der Waals surface area contributed by atoms with Gasteiger partial charge in [-0.05, 0) is 49.8 Å². The van der Waals surface area contributed by atoms with Gasteiger partial charge in [0.15, 0.2) is 11.5 Å². The van der Waals surface area contributed by atoms with E-state index in [1.807, 2.05) is 28.5 Å². The first-order valence-electron chi connectivity index (χ1n) is 9.41. The maximum absolute atomic E-state index is 13.1. The molecule has 1 spiro atoms. The van der Waals surface area contributed by atoms with Gasteiger partial charge in [0, 0.05) is 36.7 Å². The van der Waals surface area contributed by atoms with Crippen molar-refractivity contribution in [2.75, 3.05) is 26.6 Å². The summed E-state index contributed by atoms with van der Waals surface area (Å²) in [5.41, 5.74) is 1.69. The number of rotatable bonds is 2. The minimum Gasteiger partial charge on any atom is -0.454 e. The summed E-state index contributed by atoms with van der Waals surface area (Å²) >= 11 is 1.49. The summed E-state index contributed by atoms with van der Waals surface area (Å²) in [6.07, 6.45) is 3.14. The van der Waals surface area contributed by atoms with Gasteiger partial charge in [-0.1, -0.05) is 0 Å². The number of hydrogen-bond donors (Lipinski definition) is 0. The third kappa shape index (κ3) is 2.80. The van der Waals surface area contributed by atoms with Crippen LogP contribution in [-0.2, 0) is 4.74 Å². The molecule has 0 saturated carbocycles. The molecule has 0 unspecified atom stereocenters. The van der Waals surface area contributed by atoms with Gasteiger partial charge in [0.1, 0.15) is 10.7 Å². The van der Waals surface area contributed by atoms with E-state index >= 15 is 0 Å². The van der Waals surface area contributed by atoms with E-state index in [4.69, 9.17) is 14.2 Å². The highest BCUT2D eigenvalue weighted by Gasteiger charge is 2.47. The molecule has 2 saturated heterocycles. The van der Waals surface area contributed by atoms with Crippen LogP contribution in [0.2, 0.25) is 0 Å². The number of thiazole rings is 1. The zero-order chi connectivity index (χ0) is 18.4. The van der Waals surface area contributed by atoms with Crippen molar-refractivity contribution in [1.82, 2.24) is 9.88 Å². The first-order valence-corrected chi connectivity index (χ1v) is 10.3. The SMILES string of the molecule is C[C@@H]1N(C(=O)c2csc(-c3ccc4c(c3)OCO4)n2)CCC12CCOCC2. The second kappa shape index (κ2) is 6.49. The van der Waals surface area contributed by atoms with Crippen molar-refractivity contribution in [1.29, 1.82) is 0 Å². The van der Waals surface area contributed by atoms with Gasteiger partial charge in [-0.3, -0.25) is 4.79 Å². The van der Waals surface area contributed by atoms with E-state index in [2.05, 4.69) is 11.9 Å². The Morgan fingerprint density at radius 2 is 2.04 bits per heavy atom. The number of aromatic nitrogens is 1. The van der Waals surface area contributed by atoms with Crippen LogP contribution in [0.1, 0.15) is 36.7 Å². The molecule has 0 bridgehead atoms. The van der Waals surface area contributed by atoms with Gasteiger partial charge in [-0.2, -0.15) is 0 Å². The predicted octanol–water partition coefficient (Wildman–Crippen LogP) is 3.57. The van der Waals surface area contributed by atoms with E-state index in [-0.39, 0.29) is 24.2 Å². The molecule has 2 fully saturated rings. The van der Waals surface area contributed by atoms with Gasteiger partial charge in [0.25, 0.3) is 5.91 Å². The summed E-state index contributed by atoms with van der Waals surface area (Å²) in [6, 6.07) is 5.99. The van der Waals surface area contributed by atoms with Gasteiger partial charge < -0.3 is 19.1 Å². The molecule has 2 aromatic rings. The molecule has 27 heavy (non-hydrogen) atoms. The number of benzene rings is 1. The first-order chi connectivity index (χ1) is 13.2. The number of carbonyl (C=O) groups excluding carboxylic acids is 1. The second-order valence-corrected chi connectivity index (χ2v) is 8.36. The number of carbonyl (C=O) groups is 1. The molecule has 6 nitrogen and oxygen atoms in total. The molecule has 1 amide bonds. The smallest absolute Gasteiger partial charge is 0.273 e. The predicted molar refractivity (Wildman–Crippen MR) is 101 cm³/mol. The fourth-order valence-corrected chi connectivity index (χ4v) is 5.27. The Morgan fingerprint density at radius 1 is 1.22 bits per heavy atom. The highest BCUT2D eigenvalue weighted by Crippen LogP contribution is 2.45. The Labute approximate surface area is 162 Å². The van der Waals surface area contributed by atoms with Gasteiger partial charge in [0.05, 0.1) is 0 Å². The Morgan fingerprint density at radius 3 is 2.89 bits per heavy atom. The lowest BCUT2D eigenvalue weighted by Crippen LogP contribution is -2.43. The molecule has 0 aliphatic carbocycles. The van der Waals surface area contributed by atoms with Crippen molar-refractivity contribution >= 4 is 17.2 Å². The Kier molecular flexibility index (Phi) is 4.09. The minimum absolute atomic E-state index is 0.0362. The summed E-state index contributed by atoms with van der Waals surface area (Å²) in [6.45, 7) is 4.84. The van der Waals surface area contributed by atoms with Crippen molar-refractivity contribution < 1.29 is 19.0 Å². The van der Waals surface area contributed by atoms with Crippen LogP contribution >= 0.6 is 11.3 Å². The summed E-state index contributed by atoms with van der Waals surface area (Å²) in [7, 11) is 0. The molecule has 142 valence electrons. The Balaban J connectivity index is 1.36. The van der Waals surface area contributed by atoms with Crippen LogP contribution in [-0.4, -0.2) is 48.4 Å². The molecular weight excluding hydrogens is 364 g/mol. The molecule has 0 radical (unpaired) electrons. The molecule has 1 aromatic carbocycles. The molecule has 5 rings (SSSR count). The van der Waals surface area contributed by atoms with Crippen molar-refractivity contribution in [2.45, 2.75) is 32.2 Å². The fraction of sp³-hybridized carbons (Fsp3) is 0.500. The van der Waals surface area contributed by atoms with E-state index in [9.17, 15) is 4.79 Å². The highest BCUT2D eigenvalue weighted by atomic mass is 32.1. The number of hydrogen-bond acceptors (Lipinski definition) is 6. The Hall–Kier alpha value is -2.12. The third-order valence-corrected chi connectivity index (χ3v) is 7.19. The lowest BCUT2D eigenvalue weighted by Gasteiger charge is -2.38. The van der Waals surface area contributed by atoms with Crippen molar-refractivity contribution in [3.63, 3.8) is 0 Å². The largest absolute Gasteiger partial charge is 0.454 e. The molecule has 3 aliphatic rings. The molecule has 4 heterocycles. The van der Waals surface area contributed by atoms with E-state index in [0.717, 1.165) is 61.1 Å². The lowest BCUT2D eigenvalue weighted by atomic mass is 9.74. The summed E-state index contributed by atoms with van der Waals surface area (Å²) < 4.78 is 16.3. The van der Waals surface area contributed by atoms with Crippen LogP contribution in [0.15, 0.2) is 23.6 Å². The minimum atomic E-state index is 0.0362. The van der Waals surface area contributed by atoms with Gasteiger partial charge >= 0.3 is 0 Å². The van der Waals surface area contributed by atoms with Gasteiger partial charge in [0.2, 0.25) is 6.79 Å². The maximum Gasteiger partial charge on any atom is 0.273 e. The fourth-order valence-electron chi connectivity index (χ4n) is 4.48. The summed E-state index contributed by atoms with van der Waals surface area (Å²) in [5.74, 6) is 1.51. The number of amides is 1. The molecule has 7 heteroatoms. The molecule has 0 N–H and O–H groups in total. The summed E-state index contributed by atoms with van der Waals surface area (Å²) in [5, 5.41) is 2.69. The van der Waals surface area contributed by atoms with Crippen LogP contribution in [0, 0.1) is 5.41 Å². The van der Waals surface area contributed by atoms with Crippen LogP contribution in [0.25, 0.3) is 10.6 Å². The van der Waals surface area contributed by atoms with Crippen molar-refractivity contribution in [2.24, 2.45) is 5.41 Å². The summed E-state index contributed by atoms with van der Waals surface area (Å²) in [4.78, 5) is 19.7. The zero-order valence-corrected chi connectivity index (χ0v) is 16.1. The first kappa shape index (κ1) is 17.0. The number of nitrogens with zero attached hydrogens (tertiary/aromatic N) is 2. The van der Waals surface area contributed by atoms with Gasteiger partial charge in [-0.25, -0.2) is 4.98 Å². The van der Waals surface area contributed by atoms with Gasteiger partial charge in [-0.15, -0.1) is 11.3 Å². The second-order valence-electron chi connectivity index (χ2n) is 7.51. The molecular formula is C20H22N2O4S. The number of likely N-dealkylation sites (tertiary alicyclic amines) is 1. The average Bonchev–Trinajstić information content (AvgIpc) is 3.42. The number of fused-ring (bicyclic) bond motifs is 1. The van der Waals surface area contributed by atoms with Crippen LogP contribution in [0.5, 0.6) is 11.5 Å². The Bertz CT molecular complexity index is 875. The van der Waals surface area contributed by atoms with E-state index in [1.165, 1.54) is 11.3 Å². The molecule has 3 aliphatic heterocycles. The van der Waals surface area contributed by atoms with Crippen LogP contribution in [0.3, 0.4) is 0 Å². The molecule has 1 aromatic heterocycles. The zero-order valence-electron chi connectivity index (χ0n) is 15.3. The monoisotopic (exact) mass is 386 g/mol. The van der Waals surface area contributed by atoms with Crippen molar-refractivity contribution in [3.05, 3.63) is 29.3 Å². The maximum atomic E-state index is 13.1. The van der Waals surface area contributed by atoms with Crippen LogP contribution < -0.4 is 9.47 Å². The molecule has 1 atom stereocenters. The quantitative estimate of drug-likeness (QED) is 0.790. The van der Waals surface area contributed by atoms with E-state index < -0.39 is 0 Å². The van der Waals surface area contributed by atoms with Crippen molar-refractivity contribution in [3.8, 4) is 22.1 Å². The normalized spacial score (nSPS) is 23.1. The van der Waals surface area contributed by atoms with E-state index in [1.54, 1.807) is 0 Å². The average molecular weight is 386 g/mol. The standard InChI is InChI=1S/C20H22N2O4S/c1-13-20(5-8-24-9-6-20)4-7-22(13)19(23)15-11-27-18(21-15)14-2-3-16-17(10-14)26-12-25-16/h2-3,10-11,13H,4-9,12H2,1H3/t13-/m0/s1. The topological polar surface area (TPSA) is 60.9 Å².